The molecule has 8 nitrogen and oxygen atoms in total. The first-order valence-electron chi connectivity index (χ1n) is 11.0. The van der Waals surface area contributed by atoms with Gasteiger partial charge in [-0.05, 0) is 31.2 Å². The van der Waals surface area contributed by atoms with Gasteiger partial charge in [0.2, 0.25) is 5.91 Å². The van der Waals surface area contributed by atoms with Crippen molar-refractivity contribution in [3.63, 3.8) is 0 Å². The molecule has 32 heavy (non-hydrogen) atoms. The second-order valence-electron chi connectivity index (χ2n) is 7.38. The number of nitrogens with one attached hydrogen (secondary N) is 2. The summed E-state index contributed by atoms with van der Waals surface area (Å²) in [6.45, 7) is 6.18. The second kappa shape index (κ2) is 11.8. The van der Waals surface area contributed by atoms with Gasteiger partial charge in [-0.1, -0.05) is 18.2 Å². The molecule has 0 spiro atoms. The van der Waals surface area contributed by atoms with Crippen LogP contribution in [0, 0.1) is 0 Å². The highest BCUT2D eigenvalue weighted by atomic mass is 16.5. The number of rotatable bonds is 8. The molecule has 0 bridgehead atoms. The highest BCUT2D eigenvalue weighted by Gasteiger charge is 2.21. The van der Waals surface area contributed by atoms with Gasteiger partial charge < -0.3 is 29.9 Å². The van der Waals surface area contributed by atoms with Crippen molar-refractivity contribution in [1.82, 2.24) is 10.2 Å². The van der Waals surface area contributed by atoms with E-state index in [-0.39, 0.29) is 5.91 Å². The van der Waals surface area contributed by atoms with Crippen molar-refractivity contribution >= 4 is 23.2 Å². The van der Waals surface area contributed by atoms with Crippen molar-refractivity contribution in [3.8, 4) is 11.5 Å². The molecular weight excluding hydrogens is 406 g/mol. The fourth-order valence-corrected chi connectivity index (χ4v) is 3.64. The van der Waals surface area contributed by atoms with E-state index in [2.05, 4.69) is 32.7 Å². The van der Waals surface area contributed by atoms with E-state index in [0.29, 0.717) is 37.0 Å². The van der Waals surface area contributed by atoms with Crippen molar-refractivity contribution in [3.05, 3.63) is 48.5 Å². The Bertz CT molecular complexity index is 896. The van der Waals surface area contributed by atoms with Gasteiger partial charge >= 0.3 is 0 Å². The second-order valence-corrected chi connectivity index (χ2v) is 7.38. The van der Waals surface area contributed by atoms with Crippen LogP contribution in [-0.2, 0) is 4.79 Å². The van der Waals surface area contributed by atoms with E-state index >= 15 is 0 Å². The van der Waals surface area contributed by atoms with Crippen molar-refractivity contribution < 1.29 is 14.3 Å². The third-order valence-electron chi connectivity index (χ3n) is 5.33. The van der Waals surface area contributed by atoms with Crippen LogP contribution in [0.1, 0.15) is 13.3 Å². The van der Waals surface area contributed by atoms with Crippen LogP contribution in [-0.4, -0.2) is 70.3 Å². The molecule has 1 fully saturated rings. The van der Waals surface area contributed by atoms with Crippen LogP contribution in [0.4, 0.5) is 11.4 Å². The van der Waals surface area contributed by atoms with Gasteiger partial charge in [0, 0.05) is 63.6 Å². The van der Waals surface area contributed by atoms with E-state index in [9.17, 15) is 4.79 Å². The summed E-state index contributed by atoms with van der Waals surface area (Å²) in [4.78, 5) is 21.1. The van der Waals surface area contributed by atoms with Crippen molar-refractivity contribution in [2.45, 2.75) is 13.3 Å². The number of hydrogen-bond acceptors (Lipinski definition) is 5. The largest absolute Gasteiger partial charge is 0.493 e. The molecule has 172 valence electrons. The molecule has 2 aromatic rings. The average molecular weight is 440 g/mol. The molecule has 3 rings (SSSR count). The van der Waals surface area contributed by atoms with Crippen LogP contribution in [0.5, 0.6) is 11.5 Å². The smallest absolute Gasteiger partial charge is 0.224 e. The first-order chi connectivity index (χ1) is 15.6. The average Bonchev–Trinajstić information content (AvgIpc) is 2.84. The number of ether oxygens (including phenoxy) is 2. The number of hydrogen-bond donors (Lipinski definition) is 2. The molecular formula is C24H33N5O3. The monoisotopic (exact) mass is 439 g/mol. The molecule has 0 saturated carbocycles. The zero-order valence-electron chi connectivity index (χ0n) is 19.1. The Labute approximate surface area is 190 Å². The predicted molar refractivity (Wildman–Crippen MR) is 129 cm³/mol. The molecule has 0 aliphatic carbocycles. The molecule has 1 aliphatic heterocycles. The first kappa shape index (κ1) is 23.2. The molecule has 1 amide bonds. The number of carbonyl (C=O) groups is 1. The Morgan fingerprint density at radius 2 is 1.81 bits per heavy atom. The molecule has 8 heteroatoms. The van der Waals surface area contributed by atoms with E-state index in [1.807, 2.05) is 48.2 Å². The van der Waals surface area contributed by atoms with Crippen LogP contribution >= 0.6 is 0 Å². The minimum atomic E-state index is 0.156. The van der Waals surface area contributed by atoms with Crippen LogP contribution in [0.15, 0.2) is 53.5 Å². The van der Waals surface area contributed by atoms with Crippen LogP contribution in [0.3, 0.4) is 0 Å². The lowest BCUT2D eigenvalue weighted by Crippen LogP contribution is -2.49. The standard InChI is InChI=1S/C24H33N5O3/c1-4-32-22-18-19(10-11-21(22)31-3)27-24(25-2)26-13-12-23(30)29-16-14-28(15-17-29)20-8-6-5-7-9-20/h5-11,18H,4,12-17H2,1-3H3,(H2,25,26,27). The summed E-state index contributed by atoms with van der Waals surface area (Å²) in [6.07, 6.45) is 0.416. The van der Waals surface area contributed by atoms with Gasteiger partial charge in [-0.3, -0.25) is 9.79 Å². The number of carbonyl (C=O) groups excluding carboxylic acids is 1. The lowest BCUT2D eigenvalue weighted by molar-refractivity contribution is -0.131. The zero-order chi connectivity index (χ0) is 22.8. The summed E-state index contributed by atoms with van der Waals surface area (Å²) < 4.78 is 10.9. The van der Waals surface area contributed by atoms with E-state index in [4.69, 9.17) is 9.47 Å². The number of benzene rings is 2. The molecule has 2 aromatic carbocycles. The molecule has 0 radical (unpaired) electrons. The fraction of sp³-hybridized carbons (Fsp3) is 0.417. The Morgan fingerprint density at radius 1 is 1.06 bits per heavy atom. The minimum Gasteiger partial charge on any atom is -0.493 e. The van der Waals surface area contributed by atoms with Gasteiger partial charge in [0.1, 0.15) is 0 Å². The normalized spacial score (nSPS) is 14.2. The zero-order valence-corrected chi connectivity index (χ0v) is 19.1. The number of amides is 1. The lowest BCUT2D eigenvalue weighted by Gasteiger charge is -2.36. The SMILES string of the molecule is CCOc1cc(NC(=NC)NCCC(=O)N2CCN(c3ccccc3)CC2)ccc1OC. The summed E-state index contributed by atoms with van der Waals surface area (Å²) in [5.74, 6) is 2.10. The van der Waals surface area contributed by atoms with Gasteiger partial charge in [-0.2, -0.15) is 0 Å². The summed E-state index contributed by atoms with van der Waals surface area (Å²) >= 11 is 0. The molecule has 1 aliphatic rings. The van der Waals surface area contributed by atoms with Gasteiger partial charge in [0.25, 0.3) is 0 Å². The Balaban J connectivity index is 1.44. The third kappa shape index (κ3) is 6.29. The molecule has 0 aromatic heterocycles. The van der Waals surface area contributed by atoms with E-state index in [1.165, 1.54) is 5.69 Å². The highest BCUT2D eigenvalue weighted by Crippen LogP contribution is 2.30. The summed E-state index contributed by atoms with van der Waals surface area (Å²) in [6, 6.07) is 15.9. The third-order valence-corrected chi connectivity index (χ3v) is 5.33. The van der Waals surface area contributed by atoms with Gasteiger partial charge in [0.05, 0.1) is 13.7 Å². The Kier molecular flexibility index (Phi) is 8.60. The summed E-state index contributed by atoms with van der Waals surface area (Å²) in [5.41, 5.74) is 2.04. The van der Waals surface area contributed by atoms with Crippen molar-refractivity contribution in [2.24, 2.45) is 4.99 Å². The maximum atomic E-state index is 12.6. The summed E-state index contributed by atoms with van der Waals surface area (Å²) in [7, 11) is 3.32. The number of anilines is 2. The molecule has 2 N–H and O–H groups in total. The van der Waals surface area contributed by atoms with Gasteiger partial charge in [-0.25, -0.2) is 0 Å². The van der Waals surface area contributed by atoms with Crippen LogP contribution in [0.2, 0.25) is 0 Å². The molecule has 1 saturated heterocycles. The first-order valence-corrected chi connectivity index (χ1v) is 11.0. The highest BCUT2D eigenvalue weighted by molar-refractivity contribution is 5.94. The minimum absolute atomic E-state index is 0.156. The fourth-order valence-electron chi connectivity index (χ4n) is 3.64. The summed E-state index contributed by atoms with van der Waals surface area (Å²) in [5, 5.41) is 6.44. The van der Waals surface area contributed by atoms with E-state index in [1.54, 1.807) is 14.2 Å². The van der Waals surface area contributed by atoms with E-state index < -0.39 is 0 Å². The van der Waals surface area contributed by atoms with Crippen LogP contribution in [0.25, 0.3) is 0 Å². The maximum absolute atomic E-state index is 12.6. The number of methoxy groups -OCH3 is 1. The maximum Gasteiger partial charge on any atom is 0.224 e. The van der Waals surface area contributed by atoms with E-state index in [0.717, 1.165) is 31.9 Å². The Hall–Kier alpha value is -3.42. The number of guanidine groups is 1. The van der Waals surface area contributed by atoms with Crippen molar-refractivity contribution in [2.75, 3.05) is 63.7 Å². The van der Waals surface area contributed by atoms with Crippen molar-refractivity contribution in [1.29, 1.82) is 0 Å². The lowest BCUT2D eigenvalue weighted by atomic mass is 10.2. The molecule has 0 atom stereocenters. The number of nitrogens with zero attached hydrogens (tertiary/aromatic N) is 3. The molecule has 0 unspecified atom stereocenters. The quantitative estimate of drug-likeness (QED) is 0.487. The van der Waals surface area contributed by atoms with Gasteiger partial charge in [0.15, 0.2) is 17.5 Å². The number of para-hydroxylation sites is 1. The number of piperazine rings is 1. The molecule has 1 heterocycles. The topological polar surface area (TPSA) is 78.4 Å². The number of aliphatic imine (C=N–C) groups is 1. The Morgan fingerprint density at radius 3 is 2.47 bits per heavy atom. The van der Waals surface area contributed by atoms with Crippen LogP contribution < -0.4 is 25.0 Å². The predicted octanol–water partition coefficient (Wildman–Crippen LogP) is 2.82. The van der Waals surface area contributed by atoms with Gasteiger partial charge in [-0.15, -0.1) is 0 Å².